The van der Waals surface area contributed by atoms with Gasteiger partial charge in [0.15, 0.2) is 6.23 Å². The zero-order chi connectivity index (χ0) is 22.6. The molecule has 3 rings (SSSR count). The standard InChI is InChI=1S/C20H23FN2O7S/c1-13-11-23(19(14(2)29-13)30-20(24)22-25)31(26,27)18-9-7-17(8-10-18)28-12-15-3-5-16(21)6-4-15/h3-10,13-14,19,25H,11-12H2,1-2H3,(H,22,24)/t13-,14-,19+/m0/s1. The number of amides is 1. The van der Waals surface area contributed by atoms with E-state index >= 15 is 0 Å². The molecule has 3 atom stereocenters. The van der Waals surface area contributed by atoms with Gasteiger partial charge in [0.25, 0.3) is 0 Å². The summed E-state index contributed by atoms with van der Waals surface area (Å²) in [7, 11) is -4.05. The minimum atomic E-state index is -4.05. The number of carbonyl (C=O) groups excluding carboxylic acids is 1. The van der Waals surface area contributed by atoms with Gasteiger partial charge in [0.1, 0.15) is 24.3 Å². The molecule has 1 aliphatic heterocycles. The SMILES string of the molecule is C[C@@H]1O[C@@H](C)CN(S(=O)(=O)c2ccc(OCc3ccc(F)cc3)cc2)[C@@H]1OC(=O)NO. The van der Waals surface area contributed by atoms with E-state index in [2.05, 4.69) is 0 Å². The van der Waals surface area contributed by atoms with Crippen LogP contribution in [0.5, 0.6) is 5.75 Å². The highest BCUT2D eigenvalue weighted by molar-refractivity contribution is 7.89. The van der Waals surface area contributed by atoms with E-state index in [0.29, 0.717) is 5.75 Å². The fraction of sp³-hybridized carbons (Fsp3) is 0.350. The van der Waals surface area contributed by atoms with E-state index < -0.39 is 34.6 Å². The van der Waals surface area contributed by atoms with E-state index in [9.17, 15) is 17.6 Å². The molecular weight excluding hydrogens is 431 g/mol. The number of halogens is 1. The quantitative estimate of drug-likeness (QED) is 0.509. The Morgan fingerprint density at radius 2 is 1.84 bits per heavy atom. The number of nitrogens with zero attached hydrogens (tertiary/aromatic N) is 1. The lowest BCUT2D eigenvalue weighted by Crippen LogP contribution is -2.57. The van der Waals surface area contributed by atoms with E-state index in [4.69, 9.17) is 19.4 Å². The third-order valence-corrected chi connectivity index (χ3v) is 6.48. The Bertz CT molecular complexity index is 999. The predicted molar refractivity (Wildman–Crippen MR) is 106 cm³/mol. The highest BCUT2D eigenvalue weighted by Crippen LogP contribution is 2.28. The van der Waals surface area contributed by atoms with Gasteiger partial charge in [0, 0.05) is 6.54 Å². The number of nitrogens with one attached hydrogen (secondary N) is 1. The number of hydroxylamine groups is 1. The van der Waals surface area contributed by atoms with Gasteiger partial charge in [-0.25, -0.2) is 23.1 Å². The molecule has 2 aromatic carbocycles. The molecule has 1 saturated heterocycles. The molecule has 0 saturated carbocycles. The summed E-state index contributed by atoms with van der Waals surface area (Å²) in [5.41, 5.74) is 2.08. The van der Waals surface area contributed by atoms with Crippen molar-refractivity contribution in [3.63, 3.8) is 0 Å². The van der Waals surface area contributed by atoms with Crippen molar-refractivity contribution in [1.82, 2.24) is 9.79 Å². The first-order chi connectivity index (χ1) is 14.7. The maximum atomic E-state index is 13.2. The average molecular weight is 454 g/mol. The minimum Gasteiger partial charge on any atom is -0.489 e. The van der Waals surface area contributed by atoms with Crippen molar-refractivity contribution in [3.05, 3.63) is 59.9 Å². The third kappa shape index (κ3) is 5.50. The van der Waals surface area contributed by atoms with Crippen LogP contribution in [0.1, 0.15) is 19.4 Å². The molecule has 1 fully saturated rings. The topological polar surface area (TPSA) is 114 Å². The van der Waals surface area contributed by atoms with Gasteiger partial charge in [-0.1, -0.05) is 12.1 Å². The Kier molecular flexibility index (Phi) is 7.11. The van der Waals surface area contributed by atoms with Crippen molar-refractivity contribution in [2.45, 2.75) is 43.8 Å². The summed E-state index contributed by atoms with van der Waals surface area (Å²) in [4.78, 5) is 11.4. The molecule has 1 amide bonds. The van der Waals surface area contributed by atoms with Gasteiger partial charge in [-0.2, -0.15) is 4.31 Å². The molecule has 168 valence electrons. The summed E-state index contributed by atoms with van der Waals surface area (Å²) in [5, 5.41) is 8.72. The molecule has 2 N–H and O–H groups in total. The summed E-state index contributed by atoms with van der Waals surface area (Å²) in [5.74, 6) is 0.0864. The molecule has 0 unspecified atom stereocenters. The van der Waals surface area contributed by atoms with Crippen LogP contribution in [0.2, 0.25) is 0 Å². The van der Waals surface area contributed by atoms with Crippen molar-refractivity contribution < 1.29 is 37.0 Å². The van der Waals surface area contributed by atoms with E-state index in [0.717, 1.165) is 9.87 Å². The van der Waals surface area contributed by atoms with Crippen LogP contribution in [-0.2, 0) is 26.1 Å². The van der Waals surface area contributed by atoms with Crippen molar-refractivity contribution >= 4 is 16.1 Å². The third-order valence-electron chi connectivity index (χ3n) is 4.64. The predicted octanol–water partition coefficient (Wildman–Crippen LogP) is 2.64. The molecule has 0 radical (unpaired) electrons. The zero-order valence-corrected chi connectivity index (χ0v) is 17.7. The van der Waals surface area contributed by atoms with Crippen LogP contribution in [0.25, 0.3) is 0 Å². The second kappa shape index (κ2) is 9.60. The largest absolute Gasteiger partial charge is 0.489 e. The van der Waals surface area contributed by atoms with Gasteiger partial charge in [-0.15, -0.1) is 0 Å². The first-order valence-corrected chi connectivity index (χ1v) is 10.9. The van der Waals surface area contributed by atoms with E-state index in [1.165, 1.54) is 41.9 Å². The monoisotopic (exact) mass is 454 g/mol. The second-order valence-electron chi connectivity index (χ2n) is 7.02. The molecule has 0 bridgehead atoms. The maximum Gasteiger partial charge on any atom is 0.432 e. The van der Waals surface area contributed by atoms with Gasteiger partial charge in [0.2, 0.25) is 10.0 Å². The first kappa shape index (κ1) is 22.9. The smallest absolute Gasteiger partial charge is 0.432 e. The highest BCUT2D eigenvalue weighted by atomic mass is 32.2. The van der Waals surface area contributed by atoms with Crippen LogP contribution in [0, 0.1) is 5.82 Å². The summed E-state index contributed by atoms with van der Waals surface area (Å²) >= 11 is 0. The Balaban J connectivity index is 1.76. The van der Waals surface area contributed by atoms with Gasteiger partial charge < -0.3 is 14.2 Å². The van der Waals surface area contributed by atoms with Crippen molar-refractivity contribution in [1.29, 1.82) is 0 Å². The normalized spacial score (nSPS) is 22.0. The Morgan fingerprint density at radius 1 is 1.19 bits per heavy atom. The number of hydrogen-bond acceptors (Lipinski definition) is 7. The number of morpholine rings is 1. The Morgan fingerprint density at radius 3 is 2.45 bits per heavy atom. The molecule has 0 spiro atoms. The number of rotatable bonds is 6. The summed E-state index contributed by atoms with van der Waals surface area (Å²) < 4.78 is 56.6. The number of hydrogen-bond donors (Lipinski definition) is 2. The fourth-order valence-electron chi connectivity index (χ4n) is 3.18. The van der Waals surface area contributed by atoms with E-state index in [-0.39, 0.29) is 23.9 Å². The van der Waals surface area contributed by atoms with Crippen molar-refractivity contribution in [2.75, 3.05) is 6.54 Å². The lowest BCUT2D eigenvalue weighted by molar-refractivity contribution is -0.151. The summed E-state index contributed by atoms with van der Waals surface area (Å²) in [6, 6.07) is 11.6. The van der Waals surface area contributed by atoms with Gasteiger partial charge in [-0.05, 0) is 55.8 Å². The molecular formula is C20H23FN2O7S. The van der Waals surface area contributed by atoms with Crippen LogP contribution >= 0.6 is 0 Å². The molecule has 2 aromatic rings. The minimum absolute atomic E-state index is 0.0269. The van der Waals surface area contributed by atoms with Gasteiger partial charge in [0.05, 0.1) is 11.0 Å². The van der Waals surface area contributed by atoms with Crippen LogP contribution < -0.4 is 10.2 Å². The molecule has 1 aliphatic rings. The molecule has 31 heavy (non-hydrogen) atoms. The molecule has 1 heterocycles. The number of sulfonamides is 1. The molecule has 0 aliphatic carbocycles. The second-order valence-corrected chi connectivity index (χ2v) is 8.91. The maximum absolute atomic E-state index is 13.2. The lowest BCUT2D eigenvalue weighted by Gasteiger charge is -2.40. The number of carbonyl (C=O) groups is 1. The van der Waals surface area contributed by atoms with Crippen molar-refractivity contribution in [2.24, 2.45) is 0 Å². The number of ether oxygens (including phenoxy) is 3. The van der Waals surface area contributed by atoms with Gasteiger partial charge in [-0.3, -0.25) is 5.21 Å². The molecule has 9 nitrogen and oxygen atoms in total. The van der Waals surface area contributed by atoms with Crippen LogP contribution in [0.3, 0.4) is 0 Å². The Labute approximate surface area is 179 Å². The zero-order valence-electron chi connectivity index (χ0n) is 16.9. The van der Waals surface area contributed by atoms with E-state index in [1.54, 1.807) is 26.0 Å². The van der Waals surface area contributed by atoms with Crippen LogP contribution in [0.15, 0.2) is 53.4 Å². The van der Waals surface area contributed by atoms with Crippen LogP contribution in [0.4, 0.5) is 9.18 Å². The molecule has 0 aromatic heterocycles. The highest BCUT2D eigenvalue weighted by Gasteiger charge is 2.43. The average Bonchev–Trinajstić information content (AvgIpc) is 2.75. The Hall–Kier alpha value is -2.73. The number of benzene rings is 2. The van der Waals surface area contributed by atoms with Gasteiger partial charge >= 0.3 is 6.09 Å². The summed E-state index contributed by atoms with van der Waals surface area (Å²) in [6.07, 6.45) is -3.64. The fourth-order valence-corrected chi connectivity index (χ4v) is 4.83. The first-order valence-electron chi connectivity index (χ1n) is 9.46. The van der Waals surface area contributed by atoms with E-state index in [1.807, 2.05) is 0 Å². The summed E-state index contributed by atoms with van der Waals surface area (Å²) in [6.45, 7) is 3.42. The van der Waals surface area contributed by atoms with Crippen molar-refractivity contribution in [3.8, 4) is 5.75 Å². The molecule has 11 heteroatoms. The van der Waals surface area contributed by atoms with Crippen LogP contribution in [-0.4, -0.2) is 49.0 Å². The lowest BCUT2D eigenvalue weighted by atomic mass is 10.2.